The van der Waals surface area contributed by atoms with Crippen molar-refractivity contribution in [3.8, 4) is 0 Å². The molecular formula is C14H22FN. The minimum absolute atomic E-state index is 0.0208. The summed E-state index contributed by atoms with van der Waals surface area (Å²) in [6.07, 6.45) is 5.79. The van der Waals surface area contributed by atoms with Gasteiger partial charge in [0, 0.05) is 6.04 Å². The van der Waals surface area contributed by atoms with E-state index in [1.165, 1.54) is 25.3 Å². The van der Waals surface area contributed by atoms with Gasteiger partial charge in [0.1, 0.15) is 5.82 Å². The van der Waals surface area contributed by atoms with Gasteiger partial charge in [-0.2, -0.15) is 0 Å². The number of rotatable bonds is 6. The normalized spacial score (nSPS) is 12.8. The van der Waals surface area contributed by atoms with E-state index in [4.69, 9.17) is 5.73 Å². The predicted octanol–water partition coefficient (Wildman–Crippen LogP) is 4.10. The van der Waals surface area contributed by atoms with Crippen molar-refractivity contribution in [3.05, 3.63) is 35.1 Å². The smallest absolute Gasteiger partial charge is 0.123 e. The van der Waals surface area contributed by atoms with E-state index in [1.807, 2.05) is 6.92 Å². The van der Waals surface area contributed by atoms with E-state index < -0.39 is 0 Å². The first-order valence-electron chi connectivity index (χ1n) is 6.16. The zero-order valence-electron chi connectivity index (χ0n) is 10.3. The molecule has 2 heteroatoms. The number of nitrogens with two attached hydrogens (primary N) is 1. The second-order valence-electron chi connectivity index (χ2n) is 4.46. The van der Waals surface area contributed by atoms with Crippen molar-refractivity contribution < 1.29 is 4.39 Å². The van der Waals surface area contributed by atoms with Crippen molar-refractivity contribution in [2.45, 2.75) is 52.0 Å². The molecule has 16 heavy (non-hydrogen) atoms. The lowest BCUT2D eigenvalue weighted by molar-refractivity contribution is 0.558. The molecule has 0 bridgehead atoms. The number of aryl methyl sites for hydroxylation is 1. The van der Waals surface area contributed by atoms with Crippen LogP contribution in [0.4, 0.5) is 4.39 Å². The first kappa shape index (κ1) is 13.2. The number of halogens is 1. The Morgan fingerprint density at radius 1 is 1.25 bits per heavy atom. The summed E-state index contributed by atoms with van der Waals surface area (Å²) in [5.41, 5.74) is 8.12. The molecule has 0 aromatic heterocycles. The van der Waals surface area contributed by atoms with Crippen LogP contribution in [0, 0.1) is 12.7 Å². The van der Waals surface area contributed by atoms with Crippen LogP contribution in [0.1, 0.15) is 56.2 Å². The van der Waals surface area contributed by atoms with Crippen LogP contribution in [-0.4, -0.2) is 0 Å². The standard InChI is InChI=1S/C14H22FN/c1-3-4-5-6-7-14(16)13-10-12(15)9-8-11(13)2/h8-10,14H,3-7,16H2,1-2H3. The molecule has 1 aromatic carbocycles. The summed E-state index contributed by atoms with van der Waals surface area (Å²) in [5, 5.41) is 0. The van der Waals surface area contributed by atoms with Crippen molar-refractivity contribution >= 4 is 0 Å². The van der Waals surface area contributed by atoms with Gasteiger partial charge in [-0.05, 0) is 36.6 Å². The number of hydrogen-bond acceptors (Lipinski definition) is 1. The maximum absolute atomic E-state index is 13.1. The van der Waals surface area contributed by atoms with Gasteiger partial charge in [-0.3, -0.25) is 0 Å². The molecule has 1 rings (SSSR count). The van der Waals surface area contributed by atoms with Crippen molar-refractivity contribution in [1.29, 1.82) is 0 Å². The van der Waals surface area contributed by atoms with E-state index in [1.54, 1.807) is 12.1 Å². The van der Waals surface area contributed by atoms with Crippen LogP contribution in [-0.2, 0) is 0 Å². The fourth-order valence-electron chi connectivity index (χ4n) is 1.96. The van der Waals surface area contributed by atoms with Gasteiger partial charge < -0.3 is 5.73 Å². The molecule has 0 radical (unpaired) electrons. The van der Waals surface area contributed by atoms with E-state index in [0.29, 0.717) is 0 Å². The predicted molar refractivity (Wildman–Crippen MR) is 66.8 cm³/mol. The van der Waals surface area contributed by atoms with Crippen LogP contribution >= 0.6 is 0 Å². The summed E-state index contributed by atoms with van der Waals surface area (Å²) in [5.74, 6) is -0.190. The Labute approximate surface area is 97.9 Å². The van der Waals surface area contributed by atoms with Crippen molar-refractivity contribution in [2.24, 2.45) is 5.73 Å². The van der Waals surface area contributed by atoms with Crippen molar-refractivity contribution in [3.63, 3.8) is 0 Å². The molecule has 1 atom stereocenters. The van der Waals surface area contributed by atoms with E-state index in [0.717, 1.165) is 24.0 Å². The molecule has 0 spiro atoms. The average molecular weight is 223 g/mol. The van der Waals surface area contributed by atoms with Crippen molar-refractivity contribution in [2.75, 3.05) is 0 Å². The molecule has 0 aliphatic carbocycles. The van der Waals surface area contributed by atoms with E-state index in [2.05, 4.69) is 6.92 Å². The van der Waals surface area contributed by atoms with Gasteiger partial charge in [0.05, 0.1) is 0 Å². The molecule has 0 saturated heterocycles. The lowest BCUT2D eigenvalue weighted by Gasteiger charge is -2.14. The van der Waals surface area contributed by atoms with Gasteiger partial charge in [-0.1, -0.05) is 38.7 Å². The fraction of sp³-hybridized carbons (Fsp3) is 0.571. The second-order valence-corrected chi connectivity index (χ2v) is 4.46. The first-order chi connectivity index (χ1) is 7.65. The maximum Gasteiger partial charge on any atom is 0.123 e. The van der Waals surface area contributed by atoms with Crippen LogP contribution in [0.15, 0.2) is 18.2 Å². The summed E-state index contributed by atoms with van der Waals surface area (Å²) in [6.45, 7) is 4.18. The average Bonchev–Trinajstić information content (AvgIpc) is 2.27. The summed E-state index contributed by atoms with van der Waals surface area (Å²) in [7, 11) is 0. The van der Waals surface area contributed by atoms with Gasteiger partial charge in [-0.15, -0.1) is 0 Å². The van der Waals surface area contributed by atoms with Gasteiger partial charge in [-0.25, -0.2) is 4.39 Å². The largest absolute Gasteiger partial charge is 0.324 e. The maximum atomic E-state index is 13.1. The molecule has 0 fully saturated rings. The lowest BCUT2D eigenvalue weighted by atomic mass is 9.97. The van der Waals surface area contributed by atoms with Gasteiger partial charge in [0.15, 0.2) is 0 Å². The molecule has 1 nitrogen and oxygen atoms in total. The minimum Gasteiger partial charge on any atom is -0.324 e. The highest BCUT2D eigenvalue weighted by Gasteiger charge is 2.09. The van der Waals surface area contributed by atoms with E-state index in [-0.39, 0.29) is 11.9 Å². The Balaban J connectivity index is 2.51. The van der Waals surface area contributed by atoms with Gasteiger partial charge >= 0.3 is 0 Å². The Hall–Kier alpha value is -0.890. The molecule has 90 valence electrons. The number of unbranched alkanes of at least 4 members (excludes halogenated alkanes) is 3. The van der Waals surface area contributed by atoms with Crippen LogP contribution in [0.2, 0.25) is 0 Å². The Morgan fingerprint density at radius 3 is 2.69 bits per heavy atom. The summed E-state index contributed by atoms with van der Waals surface area (Å²) >= 11 is 0. The molecule has 0 aliphatic heterocycles. The third-order valence-electron chi connectivity index (χ3n) is 3.01. The van der Waals surface area contributed by atoms with E-state index >= 15 is 0 Å². The monoisotopic (exact) mass is 223 g/mol. The highest BCUT2D eigenvalue weighted by atomic mass is 19.1. The summed E-state index contributed by atoms with van der Waals surface area (Å²) in [6, 6.07) is 4.84. The SMILES string of the molecule is CCCCCCC(N)c1cc(F)ccc1C. The molecule has 0 heterocycles. The zero-order valence-corrected chi connectivity index (χ0v) is 10.3. The lowest BCUT2D eigenvalue weighted by Crippen LogP contribution is -2.12. The first-order valence-corrected chi connectivity index (χ1v) is 6.16. The molecule has 0 amide bonds. The quantitative estimate of drug-likeness (QED) is 0.722. The van der Waals surface area contributed by atoms with Gasteiger partial charge in [0.25, 0.3) is 0 Å². The number of hydrogen-bond donors (Lipinski definition) is 1. The highest BCUT2D eigenvalue weighted by Crippen LogP contribution is 2.21. The molecular weight excluding hydrogens is 201 g/mol. The second kappa shape index (κ2) is 6.64. The van der Waals surface area contributed by atoms with Gasteiger partial charge in [0.2, 0.25) is 0 Å². The Kier molecular flexibility index (Phi) is 5.47. The molecule has 0 saturated carbocycles. The number of benzene rings is 1. The van der Waals surface area contributed by atoms with E-state index in [9.17, 15) is 4.39 Å². The minimum atomic E-state index is -0.190. The molecule has 2 N–H and O–H groups in total. The zero-order chi connectivity index (χ0) is 12.0. The van der Waals surface area contributed by atoms with Crippen LogP contribution in [0.5, 0.6) is 0 Å². The van der Waals surface area contributed by atoms with Crippen molar-refractivity contribution in [1.82, 2.24) is 0 Å². The third kappa shape index (κ3) is 3.93. The molecule has 1 aromatic rings. The van der Waals surface area contributed by atoms with Crippen LogP contribution in [0.25, 0.3) is 0 Å². The fourth-order valence-corrected chi connectivity index (χ4v) is 1.96. The summed E-state index contributed by atoms with van der Waals surface area (Å²) < 4.78 is 13.1. The van der Waals surface area contributed by atoms with Crippen LogP contribution < -0.4 is 5.73 Å². The molecule has 0 aliphatic rings. The summed E-state index contributed by atoms with van der Waals surface area (Å²) in [4.78, 5) is 0. The molecule has 1 unspecified atom stereocenters. The highest BCUT2D eigenvalue weighted by molar-refractivity contribution is 5.29. The van der Waals surface area contributed by atoms with Crippen LogP contribution in [0.3, 0.4) is 0 Å². The topological polar surface area (TPSA) is 26.0 Å². The Bertz CT molecular complexity index is 323. The Morgan fingerprint density at radius 2 is 2.00 bits per heavy atom. The third-order valence-corrected chi connectivity index (χ3v) is 3.01.